The van der Waals surface area contributed by atoms with Crippen LogP contribution in [0.2, 0.25) is 0 Å². The first-order valence-electron chi connectivity index (χ1n) is 6.59. The summed E-state index contributed by atoms with van der Waals surface area (Å²) in [7, 11) is 0. The molecule has 0 aromatic heterocycles. The lowest BCUT2D eigenvalue weighted by Crippen LogP contribution is -2.41. The van der Waals surface area contributed by atoms with Crippen molar-refractivity contribution >= 4 is 0 Å². The van der Waals surface area contributed by atoms with Gasteiger partial charge in [-0.05, 0) is 62.2 Å². The van der Waals surface area contributed by atoms with Gasteiger partial charge in [-0.25, -0.2) is 0 Å². The molecule has 3 fully saturated rings. The van der Waals surface area contributed by atoms with E-state index in [2.05, 4.69) is 25.2 Å². The minimum absolute atomic E-state index is 0.641. The SMILES string of the molecule is CC12CCC(C3=CC=CCC3)(CC1)CC2. The molecule has 0 unspecified atom stereocenters. The molecule has 0 spiro atoms. The number of fused-ring (bicyclic) bond motifs is 3. The lowest BCUT2D eigenvalue weighted by atomic mass is 9.51. The van der Waals surface area contributed by atoms with E-state index in [1.807, 2.05) is 0 Å². The van der Waals surface area contributed by atoms with Gasteiger partial charge in [-0.2, -0.15) is 0 Å². The summed E-state index contributed by atoms with van der Waals surface area (Å²) in [6.45, 7) is 2.51. The van der Waals surface area contributed by atoms with Crippen molar-refractivity contribution in [2.75, 3.05) is 0 Å². The van der Waals surface area contributed by atoms with Crippen LogP contribution in [0.3, 0.4) is 0 Å². The summed E-state index contributed by atoms with van der Waals surface area (Å²) in [6.07, 6.45) is 18.5. The zero-order valence-electron chi connectivity index (χ0n) is 9.89. The summed E-state index contributed by atoms with van der Waals surface area (Å²) in [5.41, 5.74) is 3.14. The molecule has 15 heavy (non-hydrogen) atoms. The van der Waals surface area contributed by atoms with Gasteiger partial charge in [0, 0.05) is 0 Å². The fourth-order valence-electron chi connectivity index (χ4n) is 3.90. The Morgan fingerprint density at radius 2 is 1.67 bits per heavy atom. The minimum Gasteiger partial charge on any atom is -0.0842 e. The molecule has 2 bridgehead atoms. The van der Waals surface area contributed by atoms with Gasteiger partial charge in [-0.15, -0.1) is 0 Å². The minimum atomic E-state index is 0.641. The highest BCUT2D eigenvalue weighted by atomic mass is 14.5. The standard InChI is InChI=1S/C15H22/c1-14-7-10-15(11-8-14,12-9-14)13-5-3-2-4-6-13/h2-3,5H,4,6-12H2,1H3. The van der Waals surface area contributed by atoms with E-state index in [-0.39, 0.29) is 0 Å². The van der Waals surface area contributed by atoms with E-state index in [1.165, 1.54) is 51.4 Å². The quantitative estimate of drug-likeness (QED) is 0.582. The highest BCUT2D eigenvalue weighted by molar-refractivity contribution is 5.26. The second-order valence-corrected chi connectivity index (χ2v) is 6.25. The van der Waals surface area contributed by atoms with E-state index in [0.717, 1.165) is 0 Å². The third-order valence-corrected chi connectivity index (χ3v) is 5.32. The van der Waals surface area contributed by atoms with Crippen LogP contribution in [0.4, 0.5) is 0 Å². The average Bonchev–Trinajstić information content (AvgIpc) is 2.32. The molecular weight excluding hydrogens is 180 g/mol. The third-order valence-electron chi connectivity index (χ3n) is 5.32. The van der Waals surface area contributed by atoms with Gasteiger partial charge in [-0.1, -0.05) is 30.7 Å². The highest BCUT2D eigenvalue weighted by Gasteiger charge is 2.47. The molecule has 0 aromatic carbocycles. The monoisotopic (exact) mass is 202 g/mol. The average molecular weight is 202 g/mol. The second-order valence-electron chi connectivity index (χ2n) is 6.25. The second kappa shape index (κ2) is 3.23. The van der Waals surface area contributed by atoms with Gasteiger partial charge in [0.2, 0.25) is 0 Å². The molecule has 3 saturated carbocycles. The van der Waals surface area contributed by atoms with Crippen LogP contribution >= 0.6 is 0 Å². The number of allylic oxidation sites excluding steroid dienone is 4. The Balaban J connectivity index is 1.86. The molecule has 0 aromatic rings. The van der Waals surface area contributed by atoms with Crippen LogP contribution in [0.1, 0.15) is 58.3 Å². The van der Waals surface area contributed by atoms with E-state index in [4.69, 9.17) is 0 Å². The Hall–Kier alpha value is -0.520. The van der Waals surface area contributed by atoms with Crippen LogP contribution in [-0.2, 0) is 0 Å². The summed E-state index contributed by atoms with van der Waals surface area (Å²) in [5.74, 6) is 0. The number of hydrogen-bond donors (Lipinski definition) is 0. The van der Waals surface area contributed by atoms with Gasteiger partial charge in [0.05, 0.1) is 0 Å². The van der Waals surface area contributed by atoms with Crippen LogP contribution in [-0.4, -0.2) is 0 Å². The smallest absolute Gasteiger partial charge is 0.00842 e. The molecule has 0 nitrogen and oxygen atoms in total. The van der Waals surface area contributed by atoms with E-state index in [0.29, 0.717) is 10.8 Å². The van der Waals surface area contributed by atoms with Gasteiger partial charge in [-0.3, -0.25) is 0 Å². The van der Waals surface area contributed by atoms with Crippen molar-refractivity contribution in [3.05, 3.63) is 23.8 Å². The molecule has 0 N–H and O–H groups in total. The molecule has 0 heteroatoms. The molecule has 0 saturated heterocycles. The first kappa shape index (κ1) is 9.69. The van der Waals surface area contributed by atoms with Crippen LogP contribution in [0, 0.1) is 10.8 Å². The molecule has 0 atom stereocenters. The summed E-state index contributed by atoms with van der Waals surface area (Å²) >= 11 is 0. The lowest BCUT2D eigenvalue weighted by Gasteiger charge is -2.53. The topological polar surface area (TPSA) is 0 Å². The van der Waals surface area contributed by atoms with Gasteiger partial charge in [0.1, 0.15) is 0 Å². The molecule has 0 heterocycles. The maximum Gasteiger partial charge on any atom is -0.00842 e. The highest BCUT2D eigenvalue weighted by Crippen LogP contribution is 2.60. The van der Waals surface area contributed by atoms with E-state index >= 15 is 0 Å². The predicted molar refractivity (Wildman–Crippen MR) is 64.7 cm³/mol. The van der Waals surface area contributed by atoms with Gasteiger partial charge < -0.3 is 0 Å². The van der Waals surface area contributed by atoms with Gasteiger partial charge in [0.15, 0.2) is 0 Å². The zero-order chi connectivity index (χ0) is 10.4. The molecular formula is C15H22. The summed E-state index contributed by atoms with van der Waals surface area (Å²) in [4.78, 5) is 0. The van der Waals surface area contributed by atoms with E-state index < -0.39 is 0 Å². The Morgan fingerprint density at radius 1 is 1.00 bits per heavy atom. The largest absolute Gasteiger partial charge is 0.0842 e. The van der Waals surface area contributed by atoms with E-state index in [9.17, 15) is 0 Å². The Morgan fingerprint density at radius 3 is 2.20 bits per heavy atom. The fraction of sp³-hybridized carbons (Fsp3) is 0.733. The van der Waals surface area contributed by atoms with Crippen LogP contribution < -0.4 is 0 Å². The maximum atomic E-state index is 2.51. The third kappa shape index (κ3) is 1.49. The first-order valence-corrected chi connectivity index (χ1v) is 6.59. The fourth-order valence-corrected chi connectivity index (χ4v) is 3.90. The predicted octanol–water partition coefficient (Wildman–Crippen LogP) is 4.62. The molecule has 4 aliphatic carbocycles. The van der Waals surface area contributed by atoms with Crippen LogP contribution in [0.25, 0.3) is 0 Å². The van der Waals surface area contributed by atoms with Crippen molar-refractivity contribution in [3.63, 3.8) is 0 Å². The van der Waals surface area contributed by atoms with Crippen LogP contribution in [0.5, 0.6) is 0 Å². The van der Waals surface area contributed by atoms with Crippen molar-refractivity contribution in [2.45, 2.75) is 58.3 Å². The summed E-state index contributed by atoms with van der Waals surface area (Å²) in [5, 5.41) is 0. The molecule has 82 valence electrons. The van der Waals surface area contributed by atoms with Crippen LogP contribution in [0.15, 0.2) is 23.8 Å². The molecule has 4 aliphatic rings. The van der Waals surface area contributed by atoms with Crippen molar-refractivity contribution in [1.82, 2.24) is 0 Å². The van der Waals surface area contributed by atoms with Crippen molar-refractivity contribution in [3.8, 4) is 0 Å². The molecule has 0 amide bonds. The molecule has 0 radical (unpaired) electrons. The van der Waals surface area contributed by atoms with Crippen molar-refractivity contribution in [2.24, 2.45) is 10.8 Å². The lowest BCUT2D eigenvalue weighted by molar-refractivity contribution is 0.0262. The van der Waals surface area contributed by atoms with Gasteiger partial charge >= 0.3 is 0 Å². The summed E-state index contributed by atoms with van der Waals surface area (Å²) in [6, 6.07) is 0. The molecule has 0 aliphatic heterocycles. The molecule has 4 rings (SSSR count). The Bertz CT molecular complexity index is 294. The Labute approximate surface area is 93.5 Å². The normalized spacial score (nSPS) is 44.2. The first-order chi connectivity index (χ1) is 7.23. The number of hydrogen-bond acceptors (Lipinski definition) is 0. The van der Waals surface area contributed by atoms with Crippen molar-refractivity contribution < 1.29 is 0 Å². The summed E-state index contributed by atoms with van der Waals surface area (Å²) < 4.78 is 0. The zero-order valence-corrected chi connectivity index (χ0v) is 9.89. The Kier molecular flexibility index (Phi) is 2.09. The number of rotatable bonds is 1. The van der Waals surface area contributed by atoms with Gasteiger partial charge in [0.25, 0.3) is 0 Å². The van der Waals surface area contributed by atoms with E-state index in [1.54, 1.807) is 5.57 Å². The van der Waals surface area contributed by atoms with Crippen molar-refractivity contribution in [1.29, 1.82) is 0 Å². The maximum absolute atomic E-state index is 2.51.